The molecule has 2 heterocycles. The van der Waals surface area contributed by atoms with Crippen molar-refractivity contribution in [2.45, 2.75) is 43.7 Å². The van der Waals surface area contributed by atoms with E-state index in [1.165, 1.54) is 0 Å². The quantitative estimate of drug-likeness (QED) is 0.473. The van der Waals surface area contributed by atoms with Gasteiger partial charge in [-0.2, -0.15) is 0 Å². The largest absolute Gasteiger partial charge is 0.439 e. The van der Waals surface area contributed by atoms with Gasteiger partial charge in [0, 0.05) is 30.5 Å². The van der Waals surface area contributed by atoms with Crippen molar-refractivity contribution in [3.05, 3.63) is 72.9 Å². The fourth-order valence-electron chi connectivity index (χ4n) is 7.40. The molecule has 4 fully saturated rings. The van der Waals surface area contributed by atoms with Crippen LogP contribution in [0.15, 0.2) is 72.9 Å². The lowest BCUT2D eigenvalue weighted by Crippen LogP contribution is -2.62. The summed E-state index contributed by atoms with van der Waals surface area (Å²) in [6.07, 6.45) is 5.99. The number of aromatic nitrogens is 1. The number of nitrogens with one attached hydrogen (secondary N) is 1. The van der Waals surface area contributed by atoms with Gasteiger partial charge in [0.15, 0.2) is 0 Å². The number of carbonyl (C=O) groups is 1. The van der Waals surface area contributed by atoms with Gasteiger partial charge in [0.1, 0.15) is 5.75 Å². The number of hydrogen-bond donors (Lipinski definition) is 2. The van der Waals surface area contributed by atoms with Crippen LogP contribution in [0.1, 0.15) is 32.1 Å². The number of carbonyl (C=O) groups excluding carboxylic acids is 1. The lowest BCUT2D eigenvalue weighted by molar-refractivity contribution is -0.137. The Morgan fingerprint density at radius 3 is 2.37 bits per heavy atom. The van der Waals surface area contributed by atoms with Crippen LogP contribution in [0, 0.1) is 17.8 Å². The van der Waals surface area contributed by atoms with Crippen molar-refractivity contribution in [1.82, 2.24) is 10.3 Å². The molecule has 8 nitrogen and oxygen atoms in total. The topological polar surface area (TPSA) is 87.2 Å². The summed E-state index contributed by atoms with van der Waals surface area (Å²) in [7, 11) is 0. The summed E-state index contributed by atoms with van der Waals surface area (Å²) in [5, 5.41) is 15.7. The summed E-state index contributed by atoms with van der Waals surface area (Å²) in [6.45, 7) is 1.20. The van der Waals surface area contributed by atoms with Crippen molar-refractivity contribution < 1.29 is 19.5 Å². The minimum Gasteiger partial charge on any atom is -0.439 e. The molecule has 4 bridgehead atoms. The standard InChI is InChI=1S/C30H32N4O4/c35-29(32-28-21-15-20-16-22(28)19-30(36,17-20)18-21)38-34-14-13-33(25-5-1-2-6-26(25)34)23-8-10-24(11-9-23)37-27-7-3-4-12-31-27/h1-12,20-22,28,36H,13-19H2,(H,32,35)/t20?,21-,22+,28?,30?. The van der Waals surface area contributed by atoms with Crippen LogP contribution >= 0.6 is 0 Å². The molecular weight excluding hydrogens is 480 g/mol. The van der Waals surface area contributed by atoms with Gasteiger partial charge in [-0.05, 0) is 92.3 Å². The molecule has 1 aromatic heterocycles. The van der Waals surface area contributed by atoms with E-state index in [-0.39, 0.29) is 6.04 Å². The molecule has 5 aliphatic rings. The molecule has 5 atom stereocenters. The van der Waals surface area contributed by atoms with Gasteiger partial charge in [-0.15, -0.1) is 0 Å². The minimum absolute atomic E-state index is 0.0858. The van der Waals surface area contributed by atoms with Crippen molar-refractivity contribution >= 4 is 23.2 Å². The maximum absolute atomic E-state index is 13.1. The third kappa shape index (κ3) is 4.32. The van der Waals surface area contributed by atoms with Crippen LogP contribution in [-0.2, 0) is 4.84 Å². The first-order valence-electron chi connectivity index (χ1n) is 13.6. The molecule has 3 unspecified atom stereocenters. The van der Waals surface area contributed by atoms with E-state index >= 15 is 0 Å². The van der Waals surface area contributed by atoms with Crippen LogP contribution in [0.3, 0.4) is 0 Å². The molecule has 0 spiro atoms. The normalized spacial score (nSPS) is 29.1. The number of aliphatic hydroxyl groups is 1. The average molecular weight is 513 g/mol. The van der Waals surface area contributed by atoms with Gasteiger partial charge in [-0.25, -0.2) is 14.8 Å². The fraction of sp³-hybridized carbons (Fsp3) is 0.400. The number of hydrogen-bond acceptors (Lipinski definition) is 7. The molecule has 2 N–H and O–H groups in total. The number of ether oxygens (including phenoxy) is 1. The molecule has 196 valence electrons. The van der Waals surface area contributed by atoms with Crippen LogP contribution in [0.5, 0.6) is 11.6 Å². The fourth-order valence-corrected chi connectivity index (χ4v) is 7.40. The van der Waals surface area contributed by atoms with Crippen LogP contribution < -0.4 is 20.0 Å². The predicted molar refractivity (Wildman–Crippen MR) is 143 cm³/mol. The number of nitrogens with zero attached hydrogens (tertiary/aromatic N) is 3. The number of amides is 1. The zero-order valence-electron chi connectivity index (χ0n) is 21.2. The Hall–Kier alpha value is -3.78. The first-order chi connectivity index (χ1) is 18.5. The minimum atomic E-state index is -0.517. The van der Waals surface area contributed by atoms with Crippen LogP contribution in [0.4, 0.5) is 21.9 Å². The van der Waals surface area contributed by atoms with E-state index in [0.29, 0.717) is 36.7 Å². The summed E-state index contributed by atoms with van der Waals surface area (Å²) in [5.74, 6) is 2.55. The zero-order valence-corrected chi connectivity index (χ0v) is 21.2. The van der Waals surface area contributed by atoms with Crippen LogP contribution in [-0.4, -0.2) is 40.9 Å². The molecule has 8 rings (SSSR count). The van der Waals surface area contributed by atoms with Gasteiger partial charge in [0.2, 0.25) is 5.88 Å². The van der Waals surface area contributed by atoms with Gasteiger partial charge in [0.05, 0.1) is 23.5 Å². The molecule has 0 radical (unpaired) electrons. The Balaban J connectivity index is 1.03. The molecular formula is C30H32N4O4. The third-order valence-corrected chi connectivity index (χ3v) is 8.69. The van der Waals surface area contributed by atoms with Crippen LogP contribution in [0.25, 0.3) is 0 Å². The smallest absolute Gasteiger partial charge is 0.431 e. The molecule has 1 amide bonds. The van der Waals surface area contributed by atoms with E-state index in [2.05, 4.69) is 15.2 Å². The average Bonchev–Trinajstić information content (AvgIpc) is 2.91. The predicted octanol–water partition coefficient (Wildman–Crippen LogP) is 5.41. The van der Waals surface area contributed by atoms with Gasteiger partial charge in [-0.3, -0.25) is 0 Å². The van der Waals surface area contributed by atoms with E-state index in [1.54, 1.807) is 11.3 Å². The number of rotatable bonds is 5. The second-order valence-corrected chi connectivity index (χ2v) is 11.2. The lowest BCUT2D eigenvalue weighted by Gasteiger charge is -2.57. The van der Waals surface area contributed by atoms with Crippen molar-refractivity contribution in [3.63, 3.8) is 0 Å². The van der Waals surface area contributed by atoms with E-state index in [1.807, 2.05) is 66.7 Å². The highest BCUT2D eigenvalue weighted by Gasteiger charge is 2.55. The van der Waals surface area contributed by atoms with E-state index in [4.69, 9.17) is 9.57 Å². The Morgan fingerprint density at radius 2 is 1.66 bits per heavy atom. The van der Waals surface area contributed by atoms with E-state index in [9.17, 15) is 9.90 Å². The number of para-hydroxylation sites is 2. The van der Waals surface area contributed by atoms with Gasteiger partial charge >= 0.3 is 6.09 Å². The highest BCUT2D eigenvalue weighted by molar-refractivity contribution is 5.80. The number of hydroxylamine groups is 1. The molecule has 8 heteroatoms. The SMILES string of the molecule is O=C(NC1[C@@H]2CC3C[C@H]1CC(O)(C3)C2)ON1CCN(c2ccc(Oc3ccccn3)cc2)c2ccccc21. The summed E-state index contributed by atoms with van der Waals surface area (Å²) < 4.78 is 5.84. The number of anilines is 3. The summed E-state index contributed by atoms with van der Waals surface area (Å²) in [4.78, 5) is 25.4. The molecule has 1 aliphatic heterocycles. The summed E-state index contributed by atoms with van der Waals surface area (Å²) in [6, 6.07) is 21.6. The number of pyridine rings is 1. The van der Waals surface area contributed by atoms with Crippen molar-refractivity contribution in [3.8, 4) is 11.6 Å². The van der Waals surface area contributed by atoms with Crippen LogP contribution in [0.2, 0.25) is 0 Å². The highest BCUT2D eigenvalue weighted by Crippen LogP contribution is 2.55. The van der Waals surface area contributed by atoms with Gasteiger partial charge < -0.3 is 24.9 Å². The summed E-state index contributed by atoms with van der Waals surface area (Å²) >= 11 is 0. The second kappa shape index (κ2) is 9.20. The monoisotopic (exact) mass is 512 g/mol. The van der Waals surface area contributed by atoms with Crippen molar-refractivity contribution in [2.24, 2.45) is 17.8 Å². The number of fused-ring (bicyclic) bond motifs is 1. The van der Waals surface area contributed by atoms with Gasteiger partial charge in [0.25, 0.3) is 0 Å². The van der Waals surface area contributed by atoms with E-state index in [0.717, 1.165) is 54.9 Å². The Labute approximate surface area is 222 Å². The van der Waals surface area contributed by atoms with E-state index < -0.39 is 11.7 Å². The molecule has 38 heavy (non-hydrogen) atoms. The first kappa shape index (κ1) is 23.3. The first-order valence-corrected chi connectivity index (χ1v) is 13.6. The molecule has 2 aromatic carbocycles. The zero-order chi connectivity index (χ0) is 25.7. The maximum Gasteiger partial charge on any atom is 0.431 e. The van der Waals surface area contributed by atoms with Crippen molar-refractivity contribution in [2.75, 3.05) is 23.1 Å². The Kier molecular flexibility index (Phi) is 5.65. The molecule has 0 saturated heterocycles. The van der Waals surface area contributed by atoms with Crippen molar-refractivity contribution in [1.29, 1.82) is 0 Å². The third-order valence-electron chi connectivity index (χ3n) is 8.69. The second-order valence-electron chi connectivity index (χ2n) is 11.2. The van der Waals surface area contributed by atoms with Gasteiger partial charge in [-0.1, -0.05) is 18.2 Å². The Bertz CT molecular complexity index is 1300. The molecule has 3 aromatic rings. The molecule has 4 saturated carbocycles. The molecule has 4 aliphatic carbocycles. The maximum atomic E-state index is 13.1. The summed E-state index contributed by atoms with van der Waals surface area (Å²) in [5.41, 5.74) is 2.33. The highest BCUT2D eigenvalue weighted by atomic mass is 16.7. The lowest BCUT2D eigenvalue weighted by atomic mass is 9.52. The Morgan fingerprint density at radius 1 is 0.921 bits per heavy atom. The number of benzene rings is 2.